The van der Waals surface area contributed by atoms with Crippen LogP contribution in [-0.2, 0) is 0 Å². The van der Waals surface area contributed by atoms with Gasteiger partial charge in [0.25, 0.3) is 0 Å². The quantitative estimate of drug-likeness (QED) is 0.670. The molecule has 0 atom stereocenters. The predicted octanol–water partition coefficient (Wildman–Crippen LogP) is 3.00. The molecule has 2 rings (SSSR count). The summed E-state index contributed by atoms with van der Waals surface area (Å²) in [5, 5.41) is 0. The number of nitrogens with zero attached hydrogens (tertiary/aromatic N) is 2. The Morgan fingerprint density at radius 2 is 2.07 bits per heavy atom. The molecule has 0 N–H and O–H groups in total. The molecule has 1 fully saturated rings. The first-order valence-corrected chi connectivity index (χ1v) is 5.36. The van der Waals surface area contributed by atoms with Gasteiger partial charge < -0.3 is 4.90 Å². The third kappa shape index (κ3) is 2.69. The van der Waals surface area contributed by atoms with Gasteiger partial charge >= 0.3 is 0 Å². The molecule has 0 bridgehead atoms. The van der Waals surface area contributed by atoms with Crippen LogP contribution >= 0.6 is 0 Å². The van der Waals surface area contributed by atoms with Crippen molar-refractivity contribution in [2.75, 3.05) is 13.6 Å². The number of rotatable bonds is 2. The molecule has 1 aromatic carbocycles. The monoisotopic (exact) mass is 200 g/mol. The molecular formula is C13H16N2. The minimum atomic E-state index is 1.01. The zero-order valence-corrected chi connectivity index (χ0v) is 9.06. The van der Waals surface area contributed by atoms with Gasteiger partial charge in [-0.3, -0.25) is 4.99 Å². The Labute approximate surface area is 90.9 Å². The van der Waals surface area contributed by atoms with Crippen molar-refractivity contribution in [2.24, 2.45) is 4.99 Å². The van der Waals surface area contributed by atoms with Crippen LogP contribution in [0.5, 0.6) is 0 Å². The third-order valence-electron chi connectivity index (χ3n) is 2.66. The fourth-order valence-electron chi connectivity index (χ4n) is 1.77. The van der Waals surface area contributed by atoms with Crippen molar-refractivity contribution in [3.63, 3.8) is 0 Å². The van der Waals surface area contributed by atoms with E-state index in [1.807, 2.05) is 36.5 Å². The summed E-state index contributed by atoms with van der Waals surface area (Å²) in [5.41, 5.74) is 2.39. The summed E-state index contributed by atoms with van der Waals surface area (Å²) in [7, 11) is 2.13. The lowest BCUT2D eigenvalue weighted by Crippen LogP contribution is -2.09. The van der Waals surface area contributed by atoms with Crippen LogP contribution in [0.4, 0.5) is 5.69 Å². The molecule has 0 spiro atoms. The molecule has 78 valence electrons. The van der Waals surface area contributed by atoms with E-state index >= 15 is 0 Å². The van der Waals surface area contributed by atoms with Crippen LogP contribution < -0.4 is 0 Å². The molecule has 0 amide bonds. The fraction of sp³-hybridized carbons (Fsp3) is 0.308. The van der Waals surface area contributed by atoms with E-state index in [4.69, 9.17) is 0 Å². The molecule has 1 aliphatic heterocycles. The van der Waals surface area contributed by atoms with E-state index in [1.54, 1.807) is 0 Å². The van der Waals surface area contributed by atoms with Gasteiger partial charge in [0.15, 0.2) is 0 Å². The van der Waals surface area contributed by atoms with Crippen LogP contribution in [0.3, 0.4) is 0 Å². The van der Waals surface area contributed by atoms with E-state index < -0.39 is 0 Å². The molecule has 0 radical (unpaired) electrons. The van der Waals surface area contributed by atoms with E-state index in [-0.39, 0.29) is 0 Å². The molecule has 15 heavy (non-hydrogen) atoms. The van der Waals surface area contributed by atoms with Gasteiger partial charge in [-0.05, 0) is 31.1 Å². The highest BCUT2D eigenvalue weighted by molar-refractivity contribution is 5.75. The second-order valence-corrected chi connectivity index (χ2v) is 3.80. The maximum atomic E-state index is 4.38. The van der Waals surface area contributed by atoms with Gasteiger partial charge in [-0.1, -0.05) is 18.2 Å². The molecule has 0 aliphatic carbocycles. The lowest BCUT2D eigenvalue weighted by Gasteiger charge is -2.10. The molecule has 1 aromatic rings. The number of hydrogen-bond donors (Lipinski definition) is 0. The standard InChI is InChI=1S/C13H16N2/c1-15-11-5-8-13(15)9-10-14-12-6-3-2-4-7-12/h2-4,6-7,9-10H,5,8,11H2,1H3. The van der Waals surface area contributed by atoms with Crippen LogP contribution in [0.25, 0.3) is 0 Å². The zero-order valence-electron chi connectivity index (χ0n) is 9.06. The Balaban J connectivity index is 2.01. The van der Waals surface area contributed by atoms with Gasteiger partial charge in [-0.2, -0.15) is 0 Å². The number of aliphatic imine (C=N–C) groups is 1. The number of likely N-dealkylation sites (tertiary alicyclic amines) is 1. The van der Waals surface area contributed by atoms with Crippen molar-refractivity contribution in [1.82, 2.24) is 4.90 Å². The Morgan fingerprint density at radius 3 is 2.73 bits per heavy atom. The van der Waals surface area contributed by atoms with Crippen LogP contribution in [0.1, 0.15) is 12.8 Å². The average molecular weight is 200 g/mol. The minimum absolute atomic E-state index is 1.01. The van der Waals surface area contributed by atoms with Crippen LogP contribution in [0.2, 0.25) is 0 Å². The summed E-state index contributed by atoms with van der Waals surface area (Å²) in [4.78, 5) is 6.66. The van der Waals surface area contributed by atoms with Crippen molar-refractivity contribution >= 4 is 11.9 Å². The molecule has 1 saturated heterocycles. The highest BCUT2D eigenvalue weighted by Crippen LogP contribution is 2.17. The smallest absolute Gasteiger partial charge is 0.0629 e. The van der Waals surface area contributed by atoms with Gasteiger partial charge in [0.05, 0.1) is 5.69 Å². The second kappa shape index (κ2) is 4.78. The van der Waals surface area contributed by atoms with Crippen LogP contribution in [0, 0.1) is 0 Å². The Bertz CT molecular complexity index is 365. The molecule has 0 aromatic heterocycles. The summed E-state index contributed by atoms with van der Waals surface area (Å²) in [5.74, 6) is 0. The third-order valence-corrected chi connectivity index (χ3v) is 2.66. The number of hydrogen-bond acceptors (Lipinski definition) is 2. The molecule has 2 heteroatoms. The van der Waals surface area contributed by atoms with Gasteiger partial charge in [-0.25, -0.2) is 0 Å². The first kappa shape index (κ1) is 9.97. The molecule has 1 heterocycles. The van der Waals surface area contributed by atoms with Gasteiger partial charge in [0.2, 0.25) is 0 Å². The average Bonchev–Trinajstić information content (AvgIpc) is 2.66. The van der Waals surface area contributed by atoms with E-state index in [1.165, 1.54) is 25.1 Å². The summed E-state index contributed by atoms with van der Waals surface area (Å²) < 4.78 is 0. The normalized spacial score (nSPS) is 19.3. The molecule has 0 saturated carbocycles. The van der Waals surface area contributed by atoms with E-state index in [0.29, 0.717) is 0 Å². The SMILES string of the molecule is CN1CCCC1=CC=Nc1ccccc1. The number of para-hydroxylation sites is 1. The van der Waals surface area contributed by atoms with Crippen molar-refractivity contribution in [3.8, 4) is 0 Å². The summed E-state index contributed by atoms with van der Waals surface area (Å²) >= 11 is 0. The highest BCUT2D eigenvalue weighted by atomic mass is 15.1. The van der Waals surface area contributed by atoms with Gasteiger partial charge in [0.1, 0.15) is 0 Å². The van der Waals surface area contributed by atoms with E-state index in [2.05, 4.69) is 23.0 Å². The Kier molecular flexibility index (Phi) is 3.18. The zero-order chi connectivity index (χ0) is 10.5. The van der Waals surface area contributed by atoms with E-state index in [0.717, 1.165) is 5.69 Å². The van der Waals surface area contributed by atoms with Crippen LogP contribution in [-0.4, -0.2) is 24.7 Å². The number of benzene rings is 1. The van der Waals surface area contributed by atoms with Crippen molar-refractivity contribution in [3.05, 3.63) is 42.1 Å². The summed E-state index contributed by atoms with van der Waals surface area (Å²) in [6.45, 7) is 1.17. The maximum absolute atomic E-state index is 4.38. The first-order chi connectivity index (χ1) is 7.36. The lowest BCUT2D eigenvalue weighted by atomic mass is 10.3. The first-order valence-electron chi connectivity index (χ1n) is 5.36. The maximum Gasteiger partial charge on any atom is 0.0629 e. The van der Waals surface area contributed by atoms with Crippen molar-refractivity contribution < 1.29 is 0 Å². The Hall–Kier alpha value is -1.57. The van der Waals surface area contributed by atoms with Crippen molar-refractivity contribution in [2.45, 2.75) is 12.8 Å². The van der Waals surface area contributed by atoms with Crippen molar-refractivity contribution in [1.29, 1.82) is 0 Å². The van der Waals surface area contributed by atoms with Crippen LogP contribution in [0.15, 0.2) is 47.1 Å². The molecule has 1 aliphatic rings. The molecule has 2 nitrogen and oxygen atoms in total. The minimum Gasteiger partial charge on any atom is -0.378 e. The predicted molar refractivity (Wildman–Crippen MR) is 64.5 cm³/mol. The largest absolute Gasteiger partial charge is 0.378 e. The lowest BCUT2D eigenvalue weighted by molar-refractivity contribution is 0.482. The summed E-state index contributed by atoms with van der Waals surface area (Å²) in [6, 6.07) is 10.0. The van der Waals surface area contributed by atoms with Gasteiger partial charge in [-0.15, -0.1) is 0 Å². The second-order valence-electron chi connectivity index (χ2n) is 3.80. The fourth-order valence-corrected chi connectivity index (χ4v) is 1.77. The number of allylic oxidation sites excluding steroid dienone is 2. The topological polar surface area (TPSA) is 15.6 Å². The van der Waals surface area contributed by atoms with E-state index in [9.17, 15) is 0 Å². The highest BCUT2D eigenvalue weighted by Gasteiger charge is 2.10. The summed E-state index contributed by atoms with van der Waals surface area (Å²) in [6.07, 6.45) is 6.45. The molecular weight excluding hydrogens is 184 g/mol. The Morgan fingerprint density at radius 1 is 1.27 bits per heavy atom. The molecule has 0 unspecified atom stereocenters. The van der Waals surface area contributed by atoms with Gasteiger partial charge in [0, 0.05) is 25.5 Å².